The quantitative estimate of drug-likeness (QED) is 0.720. The highest BCUT2D eigenvalue weighted by Gasteiger charge is 2.06. The third kappa shape index (κ3) is 4.21. The SMILES string of the molecule is CCOCCN(CC)Cc1ccccc1O. The molecular formula is C13H21NO2. The van der Waals surface area contributed by atoms with E-state index in [1.165, 1.54) is 0 Å². The van der Waals surface area contributed by atoms with Crippen molar-refractivity contribution in [3.05, 3.63) is 29.8 Å². The van der Waals surface area contributed by atoms with Crippen LogP contribution in [0, 0.1) is 0 Å². The van der Waals surface area contributed by atoms with Gasteiger partial charge in [0.05, 0.1) is 6.61 Å². The number of phenolic OH excluding ortho intramolecular Hbond substituents is 1. The van der Waals surface area contributed by atoms with Crippen molar-refractivity contribution in [1.82, 2.24) is 4.90 Å². The molecule has 0 spiro atoms. The van der Waals surface area contributed by atoms with Crippen molar-refractivity contribution in [2.24, 2.45) is 0 Å². The van der Waals surface area contributed by atoms with E-state index in [0.717, 1.165) is 38.4 Å². The van der Waals surface area contributed by atoms with Gasteiger partial charge < -0.3 is 9.84 Å². The van der Waals surface area contributed by atoms with E-state index in [1.807, 2.05) is 25.1 Å². The Morgan fingerprint density at radius 3 is 2.62 bits per heavy atom. The molecule has 90 valence electrons. The molecule has 0 aliphatic rings. The molecule has 0 bridgehead atoms. The zero-order chi connectivity index (χ0) is 11.8. The van der Waals surface area contributed by atoms with Crippen LogP contribution in [0.1, 0.15) is 19.4 Å². The molecule has 3 nitrogen and oxygen atoms in total. The van der Waals surface area contributed by atoms with Gasteiger partial charge >= 0.3 is 0 Å². The fourth-order valence-electron chi connectivity index (χ4n) is 1.57. The topological polar surface area (TPSA) is 32.7 Å². The van der Waals surface area contributed by atoms with Crippen LogP contribution in [0.5, 0.6) is 5.75 Å². The highest BCUT2D eigenvalue weighted by molar-refractivity contribution is 5.31. The minimum atomic E-state index is 0.373. The Morgan fingerprint density at radius 1 is 1.25 bits per heavy atom. The van der Waals surface area contributed by atoms with Crippen LogP contribution in [0.4, 0.5) is 0 Å². The Kier molecular flexibility index (Phi) is 5.90. The van der Waals surface area contributed by atoms with Gasteiger partial charge in [0.15, 0.2) is 0 Å². The van der Waals surface area contributed by atoms with Gasteiger partial charge in [0, 0.05) is 25.3 Å². The number of ether oxygens (including phenoxy) is 1. The summed E-state index contributed by atoms with van der Waals surface area (Å²) in [6.07, 6.45) is 0. The summed E-state index contributed by atoms with van der Waals surface area (Å²) in [5.41, 5.74) is 0.973. The van der Waals surface area contributed by atoms with Crippen LogP contribution in [-0.2, 0) is 11.3 Å². The molecule has 0 aliphatic carbocycles. The predicted molar refractivity (Wildman–Crippen MR) is 65.6 cm³/mol. The summed E-state index contributed by atoms with van der Waals surface area (Å²) in [5, 5.41) is 9.67. The maximum absolute atomic E-state index is 9.67. The summed E-state index contributed by atoms with van der Waals surface area (Å²) in [4.78, 5) is 2.25. The van der Waals surface area contributed by atoms with Gasteiger partial charge in [-0.05, 0) is 19.5 Å². The second-order valence-corrected chi connectivity index (χ2v) is 3.69. The first-order valence-electron chi connectivity index (χ1n) is 5.84. The molecule has 16 heavy (non-hydrogen) atoms. The molecule has 0 unspecified atom stereocenters. The summed E-state index contributed by atoms with van der Waals surface area (Å²) in [6.45, 7) is 8.26. The first kappa shape index (κ1) is 13.0. The van der Waals surface area contributed by atoms with Gasteiger partial charge in [0.2, 0.25) is 0 Å². The maximum atomic E-state index is 9.67. The highest BCUT2D eigenvalue weighted by Crippen LogP contribution is 2.17. The second kappa shape index (κ2) is 7.25. The van der Waals surface area contributed by atoms with E-state index in [-0.39, 0.29) is 0 Å². The van der Waals surface area contributed by atoms with E-state index < -0.39 is 0 Å². The smallest absolute Gasteiger partial charge is 0.120 e. The van der Waals surface area contributed by atoms with Crippen molar-refractivity contribution in [3.8, 4) is 5.75 Å². The zero-order valence-electron chi connectivity index (χ0n) is 10.1. The van der Waals surface area contributed by atoms with Gasteiger partial charge in [0.25, 0.3) is 0 Å². The van der Waals surface area contributed by atoms with Crippen molar-refractivity contribution in [3.63, 3.8) is 0 Å². The van der Waals surface area contributed by atoms with Crippen LogP contribution in [0.15, 0.2) is 24.3 Å². The van der Waals surface area contributed by atoms with E-state index in [0.29, 0.717) is 5.75 Å². The lowest BCUT2D eigenvalue weighted by atomic mass is 10.2. The lowest BCUT2D eigenvalue weighted by molar-refractivity contribution is 0.112. The van der Waals surface area contributed by atoms with E-state index in [9.17, 15) is 5.11 Å². The van der Waals surface area contributed by atoms with Gasteiger partial charge in [-0.2, -0.15) is 0 Å². The monoisotopic (exact) mass is 223 g/mol. The molecule has 1 aromatic rings. The van der Waals surface area contributed by atoms with E-state index >= 15 is 0 Å². The Hall–Kier alpha value is -1.06. The van der Waals surface area contributed by atoms with Crippen molar-refractivity contribution in [2.45, 2.75) is 20.4 Å². The number of benzene rings is 1. The molecule has 0 aromatic heterocycles. The Labute approximate surface area is 97.7 Å². The summed E-state index contributed by atoms with van der Waals surface area (Å²) < 4.78 is 5.33. The molecule has 1 N–H and O–H groups in total. The molecule has 0 heterocycles. The Morgan fingerprint density at radius 2 is 2.00 bits per heavy atom. The third-order valence-electron chi connectivity index (χ3n) is 2.59. The molecule has 0 aliphatic heterocycles. The number of hydrogen-bond donors (Lipinski definition) is 1. The van der Waals surface area contributed by atoms with Gasteiger partial charge in [-0.1, -0.05) is 25.1 Å². The molecule has 0 atom stereocenters. The molecule has 3 heteroatoms. The first-order chi connectivity index (χ1) is 7.77. The number of likely N-dealkylation sites (N-methyl/N-ethyl adjacent to an activating group) is 1. The molecule has 0 fully saturated rings. The molecular weight excluding hydrogens is 202 g/mol. The lowest BCUT2D eigenvalue weighted by Crippen LogP contribution is -2.27. The Bertz CT molecular complexity index is 302. The summed E-state index contributed by atoms with van der Waals surface area (Å²) in [7, 11) is 0. The van der Waals surface area contributed by atoms with Gasteiger partial charge in [0.1, 0.15) is 5.75 Å². The van der Waals surface area contributed by atoms with Gasteiger partial charge in [-0.15, -0.1) is 0 Å². The van der Waals surface area contributed by atoms with Crippen LogP contribution in [-0.4, -0.2) is 36.3 Å². The van der Waals surface area contributed by atoms with Crippen LogP contribution < -0.4 is 0 Å². The first-order valence-corrected chi connectivity index (χ1v) is 5.84. The third-order valence-corrected chi connectivity index (χ3v) is 2.59. The average molecular weight is 223 g/mol. The van der Waals surface area contributed by atoms with Crippen LogP contribution in [0.2, 0.25) is 0 Å². The molecule has 0 saturated carbocycles. The maximum Gasteiger partial charge on any atom is 0.120 e. The van der Waals surface area contributed by atoms with Gasteiger partial charge in [-0.25, -0.2) is 0 Å². The summed E-state index contributed by atoms with van der Waals surface area (Å²) in [6, 6.07) is 7.48. The normalized spacial score (nSPS) is 10.9. The minimum absolute atomic E-state index is 0.373. The molecule has 0 radical (unpaired) electrons. The van der Waals surface area contributed by atoms with E-state index in [4.69, 9.17) is 4.74 Å². The zero-order valence-corrected chi connectivity index (χ0v) is 10.1. The van der Waals surface area contributed by atoms with Crippen LogP contribution in [0.3, 0.4) is 0 Å². The lowest BCUT2D eigenvalue weighted by Gasteiger charge is -2.20. The van der Waals surface area contributed by atoms with E-state index in [1.54, 1.807) is 6.07 Å². The summed E-state index contributed by atoms with van der Waals surface area (Å²) in [5.74, 6) is 0.373. The second-order valence-electron chi connectivity index (χ2n) is 3.69. The standard InChI is InChI=1S/C13H21NO2/c1-3-14(9-10-16-4-2)11-12-7-5-6-8-13(12)15/h5-8,15H,3-4,9-11H2,1-2H3. The van der Waals surface area contributed by atoms with Crippen molar-refractivity contribution in [2.75, 3.05) is 26.3 Å². The fourth-order valence-corrected chi connectivity index (χ4v) is 1.57. The summed E-state index contributed by atoms with van der Waals surface area (Å²) >= 11 is 0. The fraction of sp³-hybridized carbons (Fsp3) is 0.538. The number of hydrogen-bond acceptors (Lipinski definition) is 3. The number of aromatic hydroxyl groups is 1. The molecule has 1 rings (SSSR count). The van der Waals surface area contributed by atoms with E-state index in [2.05, 4.69) is 11.8 Å². The van der Waals surface area contributed by atoms with Crippen molar-refractivity contribution in [1.29, 1.82) is 0 Å². The van der Waals surface area contributed by atoms with Crippen LogP contribution in [0.25, 0.3) is 0 Å². The highest BCUT2D eigenvalue weighted by atomic mass is 16.5. The number of para-hydroxylation sites is 1. The van der Waals surface area contributed by atoms with Crippen molar-refractivity contribution < 1.29 is 9.84 Å². The van der Waals surface area contributed by atoms with Crippen LogP contribution >= 0.6 is 0 Å². The molecule has 0 saturated heterocycles. The number of rotatable bonds is 7. The average Bonchev–Trinajstić information content (AvgIpc) is 2.30. The Balaban J connectivity index is 2.46. The largest absolute Gasteiger partial charge is 0.508 e. The predicted octanol–water partition coefficient (Wildman–Crippen LogP) is 2.25. The number of nitrogens with zero attached hydrogens (tertiary/aromatic N) is 1. The van der Waals surface area contributed by atoms with Crippen molar-refractivity contribution >= 4 is 0 Å². The minimum Gasteiger partial charge on any atom is -0.508 e. The molecule has 1 aromatic carbocycles. The van der Waals surface area contributed by atoms with Gasteiger partial charge in [-0.3, -0.25) is 4.90 Å². The molecule has 0 amide bonds. The number of phenols is 1.